The lowest BCUT2D eigenvalue weighted by atomic mass is 10.1. The largest absolute Gasteiger partial charge is 0.328 e. The highest BCUT2D eigenvalue weighted by molar-refractivity contribution is 4.52. The fourth-order valence-electron chi connectivity index (χ4n) is 7.25. The van der Waals surface area contributed by atoms with Crippen molar-refractivity contribution in [3.05, 3.63) is 0 Å². The zero-order valence-electron chi connectivity index (χ0n) is 32.7. The molecule has 0 amide bonds. The Morgan fingerprint density at radius 2 is 0.409 bits per heavy atom. The van der Waals surface area contributed by atoms with Gasteiger partial charge in [-0.2, -0.15) is 0 Å². The Hall–Kier alpha value is -0.120. The van der Waals surface area contributed by atoms with Gasteiger partial charge in [0.15, 0.2) is 0 Å². The molecule has 266 valence electrons. The molecule has 0 bridgehead atoms. The van der Waals surface area contributed by atoms with Crippen molar-refractivity contribution in [2.24, 2.45) is 0 Å². The van der Waals surface area contributed by atoms with Gasteiger partial charge in [0.2, 0.25) is 0 Å². The van der Waals surface area contributed by atoms with Gasteiger partial charge in [0.25, 0.3) is 0 Å². The van der Waals surface area contributed by atoms with Crippen LogP contribution >= 0.6 is 0 Å². The van der Waals surface area contributed by atoms with Crippen LogP contribution < -0.4 is 0 Å². The normalized spacial score (nSPS) is 12.8. The predicted octanol–water partition coefficient (Wildman–Crippen LogP) is 11.8. The van der Waals surface area contributed by atoms with Crippen molar-refractivity contribution >= 4 is 0 Å². The van der Waals surface area contributed by atoms with Crippen molar-refractivity contribution in [1.82, 2.24) is 0 Å². The molecule has 0 aromatic rings. The summed E-state index contributed by atoms with van der Waals surface area (Å²) >= 11 is 0. The molecule has 0 saturated carbocycles. The van der Waals surface area contributed by atoms with Crippen molar-refractivity contribution < 1.29 is 13.4 Å². The first kappa shape index (κ1) is 43.9. The Morgan fingerprint density at radius 1 is 0.227 bits per heavy atom. The zero-order valence-corrected chi connectivity index (χ0v) is 32.7. The summed E-state index contributed by atoms with van der Waals surface area (Å²) in [6, 6.07) is 0. The molecule has 0 aliphatic rings. The number of hydrogen-bond acceptors (Lipinski definition) is 0. The maximum Gasteiger partial charge on any atom is 0.0784 e. The summed E-state index contributed by atoms with van der Waals surface area (Å²) < 4.78 is 3.80. The van der Waals surface area contributed by atoms with E-state index in [-0.39, 0.29) is 0 Å². The summed E-state index contributed by atoms with van der Waals surface area (Å²) in [4.78, 5) is 0. The van der Waals surface area contributed by atoms with Gasteiger partial charge in [0, 0.05) is 0 Å². The van der Waals surface area contributed by atoms with E-state index in [9.17, 15) is 0 Å². The summed E-state index contributed by atoms with van der Waals surface area (Å²) in [6.07, 6.45) is 37.0. The highest BCUT2D eigenvalue weighted by atomic mass is 15.3. The smallest absolute Gasteiger partial charge is 0.0784 e. The van der Waals surface area contributed by atoms with E-state index in [0.29, 0.717) is 0 Å². The van der Waals surface area contributed by atoms with E-state index in [4.69, 9.17) is 0 Å². The zero-order chi connectivity index (χ0) is 32.8. The van der Waals surface area contributed by atoms with E-state index in [1.165, 1.54) is 226 Å². The van der Waals surface area contributed by atoms with E-state index in [2.05, 4.69) is 56.0 Å². The van der Waals surface area contributed by atoms with Crippen molar-refractivity contribution in [3.63, 3.8) is 0 Å². The molecule has 0 aromatic carbocycles. The van der Waals surface area contributed by atoms with Gasteiger partial charge < -0.3 is 13.4 Å². The van der Waals surface area contributed by atoms with Crippen LogP contribution in [0.15, 0.2) is 0 Å². The summed E-state index contributed by atoms with van der Waals surface area (Å²) in [5.41, 5.74) is 0. The third kappa shape index (κ3) is 29.3. The molecular formula is C41H90N3+3. The van der Waals surface area contributed by atoms with Gasteiger partial charge >= 0.3 is 0 Å². The standard InChI is InChI=1S/C41H90N3/c1-9-12-15-18-21-28-35-42(4,5)37-30-24-26-33-40-44(8,39-32-23-20-17-14-11-3)41-34-27-25-31-38-43(6,7)36-29-22-19-16-13-10-2/h9-41H2,1-8H3/q+3. The van der Waals surface area contributed by atoms with E-state index in [1.54, 1.807) is 0 Å². The Kier molecular flexibility index (Phi) is 29.0. The molecular weight excluding hydrogens is 534 g/mol. The summed E-state index contributed by atoms with van der Waals surface area (Å²) in [7, 11) is 12.5. The van der Waals surface area contributed by atoms with Crippen LogP contribution in [0.25, 0.3) is 0 Å². The topological polar surface area (TPSA) is 0 Å². The Balaban J connectivity index is 4.31. The number of quaternary nitrogens is 3. The Morgan fingerprint density at radius 3 is 0.636 bits per heavy atom. The van der Waals surface area contributed by atoms with Crippen LogP contribution in [0.1, 0.15) is 188 Å². The lowest BCUT2D eigenvalue weighted by Gasteiger charge is -2.35. The monoisotopic (exact) mass is 625 g/mol. The van der Waals surface area contributed by atoms with Crippen molar-refractivity contribution in [3.8, 4) is 0 Å². The molecule has 3 nitrogen and oxygen atoms in total. The SMILES string of the molecule is CCCCCCCC[N+](C)(C)CCCCCC[N+](C)(CCCCCCCC)CCCCCC[N+](C)(C)CCCCCCCC. The van der Waals surface area contributed by atoms with E-state index in [1.807, 2.05) is 0 Å². The molecule has 3 heteroatoms. The summed E-state index contributed by atoms with van der Waals surface area (Å²) in [5.74, 6) is 0. The quantitative estimate of drug-likeness (QED) is 0.0486. The second kappa shape index (κ2) is 29.1. The molecule has 0 saturated heterocycles. The maximum atomic E-state index is 2.60. The van der Waals surface area contributed by atoms with Crippen LogP contribution in [0.2, 0.25) is 0 Å². The average molecular weight is 625 g/mol. The number of hydrogen-bond donors (Lipinski definition) is 0. The maximum absolute atomic E-state index is 2.60. The van der Waals surface area contributed by atoms with Gasteiger partial charge in [0.05, 0.1) is 81.1 Å². The van der Waals surface area contributed by atoms with Gasteiger partial charge in [0.1, 0.15) is 0 Å². The first-order chi connectivity index (χ1) is 21.1. The minimum atomic E-state index is 1.23. The second-order valence-corrected chi connectivity index (χ2v) is 16.7. The summed E-state index contributed by atoms with van der Waals surface area (Å²) in [6.45, 7) is 16.7. The third-order valence-electron chi connectivity index (χ3n) is 10.7. The highest BCUT2D eigenvalue weighted by Crippen LogP contribution is 2.17. The van der Waals surface area contributed by atoms with E-state index in [0.717, 1.165) is 0 Å². The molecule has 0 aliphatic heterocycles. The molecule has 0 radical (unpaired) electrons. The second-order valence-electron chi connectivity index (χ2n) is 16.7. The molecule has 0 heterocycles. The van der Waals surface area contributed by atoms with Crippen LogP contribution in [-0.4, -0.2) is 94.5 Å². The van der Waals surface area contributed by atoms with Gasteiger partial charge in [-0.3, -0.25) is 0 Å². The minimum absolute atomic E-state index is 1.23. The molecule has 0 atom stereocenters. The highest BCUT2D eigenvalue weighted by Gasteiger charge is 2.21. The molecule has 0 rings (SSSR count). The first-order valence-corrected chi connectivity index (χ1v) is 20.6. The van der Waals surface area contributed by atoms with Crippen molar-refractivity contribution in [1.29, 1.82) is 0 Å². The summed E-state index contributed by atoms with van der Waals surface area (Å²) in [5, 5.41) is 0. The number of unbranched alkanes of at least 4 members (excludes halogenated alkanes) is 21. The van der Waals surface area contributed by atoms with Gasteiger partial charge in [-0.25, -0.2) is 0 Å². The molecule has 0 aliphatic carbocycles. The molecule has 0 spiro atoms. The third-order valence-corrected chi connectivity index (χ3v) is 10.7. The van der Waals surface area contributed by atoms with Crippen LogP contribution in [0, 0.1) is 0 Å². The van der Waals surface area contributed by atoms with Crippen LogP contribution in [0.4, 0.5) is 0 Å². The van der Waals surface area contributed by atoms with Crippen LogP contribution in [-0.2, 0) is 0 Å². The van der Waals surface area contributed by atoms with Gasteiger partial charge in [-0.1, -0.05) is 97.8 Å². The fraction of sp³-hybridized carbons (Fsp3) is 1.00. The minimum Gasteiger partial charge on any atom is -0.328 e. The Labute approximate surface area is 281 Å². The van der Waals surface area contributed by atoms with E-state index < -0.39 is 0 Å². The fourth-order valence-corrected chi connectivity index (χ4v) is 7.25. The first-order valence-electron chi connectivity index (χ1n) is 20.6. The van der Waals surface area contributed by atoms with E-state index >= 15 is 0 Å². The van der Waals surface area contributed by atoms with Crippen LogP contribution in [0.5, 0.6) is 0 Å². The molecule has 0 unspecified atom stereocenters. The number of nitrogens with zero attached hydrogens (tertiary/aromatic N) is 3. The van der Waals surface area contributed by atoms with Crippen molar-refractivity contribution in [2.45, 2.75) is 188 Å². The average Bonchev–Trinajstić information content (AvgIpc) is 2.98. The predicted molar refractivity (Wildman–Crippen MR) is 202 cm³/mol. The van der Waals surface area contributed by atoms with Gasteiger partial charge in [-0.05, 0) is 89.9 Å². The lowest BCUT2D eigenvalue weighted by Crippen LogP contribution is -2.46. The molecule has 0 N–H and O–H groups in total. The number of rotatable bonds is 35. The lowest BCUT2D eigenvalue weighted by molar-refractivity contribution is -0.910. The molecule has 0 fully saturated rings. The molecule has 0 aromatic heterocycles. The Bertz CT molecular complexity index is 544. The van der Waals surface area contributed by atoms with Gasteiger partial charge in [-0.15, -0.1) is 0 Å². The molecule has 44 heavy (non-hydrogen) atoms. The van der Waals surface area contributed by atoms with Crippen molar-refractivity contribution in [2.75, 3.05) is 81.1 Å². The van der Waals surface area contributed by atoms with Crippen LogP contribution in [0.3, 0.4) is 0 Å².